The van der Waals surface area contributed by atoms with Gasteiger partial charge in [-0.2, -0.15) is 0 Å². The van der Waals surface area contributed by atoms with Crippen molar-refractivity contribution >= 4 is 35.1 Å². The maximum absolute atomic E-state index is 12.2. The van der Waals surface area contributed by atoms with Crippen molar-refractivity contribution in [3.05, 3.63) is 24.2 Å². The lowest BCUT2D eigenvalue weighted by Gasteiger charge is -2.37. The summed E-state index contributed by atoms with van der Waals surface area (Å²) < 4.78 is 4.91. The summed E-state index contributed by atoms with van der Waals surface area (Å²) in [5.41, 5.74) is 1.37. The fourth-order valence-corrected chi connectivity index (χ4v) is 4.23. The predicted molar refractivity (Wildman–Crippen MR) is 111 cm³/mol. The summed E-state index contributed by atoms with van der Waals surface area (Å²) in [6.07, 6.45) is 4.95. The molecule has 1 saturated heterocycles. The number of amides is 2. The number of urea groups is 1. The molecule has 2 aromatic heterocycles. The van der Waals surface area contributed by atoms with Crippen molar-refractivity contribution in [2.24, 2.45) is 0 Å². The standard InChI is InChI=1S/C19H26N6O3S/c1-13(26)16-11-20-17-15(23-6-8-24(9-7-23)18(27)22(2)3)10-14(12-25(16)17)29-21-19(28)4-5-19/h10-12,21,28H,4-9H2,1-3H3. The summed E-state index contributed by atoms with van der Waals surface area (Å²) in [4.78, 5) is 35.3. The van der Waals surface area contributed by atoms with Crippen molar-refractivity contribution in [1.82, 2.24) is 23.9 Å². The number of nitrogens with one attached hydrogen (secondary N) is 1. The van der Waals surface area contributed by atoms with Crippen molar-refractivity contribution in [2.45, 2.75) is 30.4 Å². The lowest BCUT2D eigenvalue weighted by atomic mass is 10.2. The van der Waals surface area contributed by atoms with Crippen molar-refractivity contribution in [1.29, 1.82) is 0 Å². The second-order valence-electron chi connectivity index (χ2n) is 7.84. The van der Waals surface area contributed by atoms with Gasteiger partial charge >= 0.3 is 6.03 Å². The molecule has 1 aliphatic heterocycles. The van der Waals surface area contributed by atoms with Gasteiger partial charge in [0.2, 0.25) is 0 Å². The molecule has 2 N–H and O–H groups in total. The highest BCUT2D eigenvalue weighted by Crippen LogP contribution is 2.36. The number of nitrogens with zero attached hydrogens (tertiary/aromatic N) is 5. The van der Waals surface area contributed by atoms with Crippen LogP contribution in [0.2, 0.25) is 0 Å². The molecule has 2 aliphatic rings. The van der Waals surface area contributed by atoms with Crippen LogP contribution < -0.4 is 9.62 Å². The molecule has 1 saturated carbocycles. The molecule has 3 heterocycles. The normalized spacial score (nSPS) is 18.2. The van der Waals surface area contributed by atoms with Crippen LogP contribution in [0.15, 0.2) is 23.4 Å². The van der Waals surface area contributed by atoms with Crippen molar-refractivity contribution < 1.29 is 14.7 Å². The first-order valence-electron chi connectivity index (χ1n) is 9.67. The molecule has 2 aromatic rings. The number of imidazole rings is 1. The van der Waals surface area contributed by atoms with Gasteiger partial charge in [0, 0.05) is 58.3 Å². The number of carbonyl (C=O) groups excluding carboxylic acids is 2. The zero-order valence-corrected chi connectivity index (χ0v) is 17.7. The van der Waals surface area contributed by atoms with Crippen LogP contribution in [0.1, 0.15) is 30.3 Å². The van der Waals surface area contributed by atoms with E-state index in [1.807, 2.05) is 21.6 Å². The van der Waals surface area contributed by atoms with Gasteiger partial charge in [-0.15, -0.1) is 0 Å². The quantitative estimate of drug-likeness (QED) is 0.431. The van der Waals surface area contributed by atoms with E-state index in [9.17, 15) is 14.7 Å². The summed E-state index contributed by atoms with van der Waals surface area (Å²) in [7, 11) is 3.51. The maximum Gasteiger partial charge on any atom is 0.319 e. The van der Waals surface area contributed by atoms with Gasteiger partial charge in [0.15, 0.2) is 11.4 Å². The Labute approximate surface area is 173 Å². The smallest absolute Gasteiger partial charge is 0.319 e. The van der Waals surface area contributed by atoms with Crippen LogP contribution in [-0.4, -0.2) is 82.1 Å². The van der Waals surface area contributed by atoms with Crippen LogP contribution in [-0.2, 0) is 0 Å². The van der Waals surface area contributed by atoms with Crippen LogP contribution in [0.4, 0.5) is 10.5 Å². The number of hydrogen-bond donors (Lipinski definition) is 2. The average molecular weight is 419 g/mol. The first kappa shape index (κ1) is 20.0. The molecule has 0 aromatic carbocycles. The number of aromatic nitrogens is 2. The number of carbonyl (C=O) groups is 2. The van der Waals surface area contributed by atoms with E-state index in [0.29, 0.717) is 31.9 Å². The molecule has 4 rings (SSSR count). The van der Waals surface area contributed by atoms with Gasteiger partial charge in [0.1, 0.15) is 11.4 Å². The largest absolute Gasteiger partial charge is 0.375 e. The van der Waals surface area contributed by atoms with Gasteiger partial charge in [0.25, 0.3) is 0 Å². The highest BCUT2D eigenvalue weighted by molar-refractivity contribution is 7.97. The Bertz CT molecular complexity index is 947. The zero-order chi connectivity index (χ0) is 20.8. The monoisotopic (exact) mass is 418 g/mol. The van der Waals surface area contributed by atoms with E-state index >= 15 is 0 Å². The van der Waals surface area contributed by atoms with Gasteiger partial charge in [-0.1, -0.05) is 0 Å². The number of pyridine rings is 1. The molecular formula is C19H26N6O3S. The van der Waals surface area contributed by atoms with Gasteiger partial charge in [0.05, 0.1) is 11.9 Å². The fourth-order valence-electron chi connectivity index (χ4n) is 3.39. The number of ketones is 1. The predicted octanol–water partition coefficient (Wildman–Crippen LogP) is 1.42. The SMILES string of the molecule is CC(=O)c1cnc2c(N3CCN(C(=O)N(C)C)CC3)cc(SNC3(O)CC3)cn12. The number of Topliss-reactive ketones (excluding diaryl/α,β-unsaturated/α-hetero) is 1. The molecule has 0 atom stereocenters. The number of hydrogen-bond acceptors (Lipinski definition) is 7. The zero-order valence-electron chi connectivity index (χ0n) is 16.9. The third-order valence-electron chi connectivity index (χ3n) is 5.28. The highest BCUT2D eigenvalue weighted by atomic mass is 32.2. The second kappa shape index (κ2) is 7.51. The Morgan fingerprint density at radius 3 is 2.52 bits per heavy atom. The Morgan fingerprint density at radius 1 is 1.24 bits per heavy atom. The number of rotatable bonds is 5. The Kier molecular flexibility index (Phi) is 5.18. The van der Waals surface area contributed by atoms with Gasteiger partial charge in [-0.3, -0.25) is 9.20 Å². The number of aliphatic hydroxyl groups is 1. The topological polar surface area (TPSA) is 93.4 Å². The van der Waals surface area contributed by atoms with E-state index in [1.165, 1.54) is 18.9 Å². The molecule has 2 fully saturated rings. The molecular weight excluding hydrogens is 392 g/mol. The fraction of sp³-hybridized carbons (Fsp3) is 0.526. The van der Waals surface area contributed by atoms with Gasteiger partial charge in [-0.25, -0.2) is 14.5 Å². The summed E-state index contributed by atoms with van der Waals surface area (Å²) in [5, 5.41) is 10.1. The first-order chi connectivity index (χ1) is 13.8. The second-order valence-corrected chi connectivity index (χ2v) is 8.72. The molecule has 1 aliphatic carbocycles. The molecule has 0 radical (unpaired) electrons. The molecule has 2 amide bonds. The minimum atomic E-state index is -0.795. The molecule has 29 heavy (non-hydrogen) atoms. The summed E-state index contributed by atoms with van der Waals surface area (Å²) in [6.45, 7) is 4.14. The van der Waals surface area contributed by atoms with E-state index < -0.39 is 5.72 Å². The van der Waals surface area contributed by atoms with Crippen LogP contribution in [0.25, 0.3) is 5.65 Å². The van der Waals surface area contributed by atoms with Crippen molar-refractivity contribution in [3.8, 4) is 0 Å². The first-order valence-corrected chi connectivity index (χ1v) is 10.5. The third-order valence-corrected chi connectivity index (χ3v) is 6.22. The molecule has 0 spiro atoms. The van der Waals surface area contributed by atoms with Gasteiger partial charge in [-0.05, 0) is 30.9 Å². The molecule has 10 heteroatoms. The maximum atomic E-state index is 12.2. The molecule has 9 nitrogen and oxygen atoms in total. The highest BCUT2D eigenvalue weighted by Gasteiger charge is 2.40. The van der Waals surface area contributed by atoms with E-state index in [1.54, 1.807) is 25.2 Å². The van der Waals surface area contributed by atoms with E-state index in [4.69, 9.17) is 0 Å². The Balaban J connectivity index is 1.62. The molecule has 0 bridgehead atoms. The van der Waals surface area contributed by atoms with Crippen LogP contribution in [0.3, 0.4) is 0 Å². The number of anilines is 1. The minimum Gasteiger partial charge on any atom is -0.375 e. The van der Waals surface area contributed by atoms with Crippen molar-refractivity contribution in [3.63, 3.8) is 0 Å². The lowest BCUT2D eigenvalue weighted by molar-refractivity contribution is 0.101. The third kappa shape index (κ3) is 4.05. The lowest BCUT2D eigenvalue weighted by Crippen LogP contribution is -2.51. The number of piperazine rings is 1. The average Bonchev–Trinajstić information content (AvgIpc) is 3.28. The van der Waals surface area contributed by atoms with Crippen LogP contribution in [0, 0.1) is 0 Å². The summed E-state index contributed by atoms with van der Waals surface area (Å²) in [5.74, 6) is -0.0548. The van der Waals surface area contributed by atoms with Crippen LogP contribution >= 0.6 is 11.9 Å². The Morgan fingerprint density at radius 2 is 1.93 bits per heavy atom. The van der Waals surface area contributed by atoms with Crippen LogP contribution in [0.5, 0.6) is 0 Å². The Hall–Kier alpha value is -2.30. The summed E-state index contributed by atoms with van der Waals surface area (Å²) in [6, 6.07) is 2.04. The molecule has 0 unspecified atom stereocenters. The summed E-state index contributed by atoms with van der Waals surface area (Å²) >= 11 is 1.36. The number of fused-ring (bicyclic) bond motifs is 1. The van der Waals surface area contributed by atoms with E-state index in [-0.39, 0.29) is 11.8 Å². The van der Waals surface area contributed by atoms with Crippen molar-refractivity contribution in [2.75, 3.05) is 45.2 Å². The molecule has 156 valence electrons. The minimum absolute atomic E-state index is 0.0145. The van der Waals surface area contributed by atoms with E-state index in [0.717, 1.165) is 29.1 Å². The van der Waals surface area contributed by atoms with E-state index in [2.05, 4.69) is 14.6 Å². The van der Waals surface area contributed by atoms with Gasteiger partial charge < -0.3 is 19.8 Å².